The molecule has 0 aliphatic carbocycles. The average Bonchev–Trinajstić information content (AvgIpc) is 3.32. The highest BCUT2D eigenvalue weighted by Gasteiger charge is 2.67. The van der Waals surface area contributed by atoms with Crippen LogP contribution in [0.15, 0.2) is 6.33 Å². The Hall–Kier alpha value is -1.42. The highest BCUT2D eigenvalue weighted by atomic mass is 28.5. The third-order valence-corrected chi connectivity index (χ3v) is 18.4. The van der Waals surface area contributed by atoms with E-state index in [1.165, 1.54) is 6.33 Å². The van der Waals surface area contributed by atoms with Gasteiger partial charge in [-0.3, -0.25) is 4.57 Å². The van der Waals surface area contributed by atoms with Crippen molar-refractivity contribution in [1.29, 1.82) is 0 Å². The molecule has 0 unspecified atom stereocenters. The first-order valence-corrected chi connectivity index (χ1v) is 16.7. The second-order valence-electron chi connectivity index (χ2n) is 11.5. The van der Waals surface area contributed by atoms with Gasteiger partial charge in [-0.15, -0.1) is 0 Å². The van der Waals surface area contributed by atoms with E-state index in [4.69, 9.17) is 23.4 Å². The van der Waals surface area contributed by atoms with E-state index in [1.54, 1.807) is 0 Å². The van der Waals surface area contributed by atoms with E-state index in [2.05, 4.69) is 70.3 Å². The van der Waals surface area contributed by atoms with E-state index in [-0.39, 0.29) is 28.6 Å². The molecule has 194 valence electrons. The Balaban J connectivity index is 1.62. The molecule has 0 saturated carbocycles. The van der Waals surface area contributed by atoms with Crippen molar-refractivity contribution in [2.75, 3.05) is 12.3 Å². The second kappa shape index (κ2) is 8.30. The zero-order valence-corrected chi connectivity index (χ0v) is 24.0. The Morgan fingerprint density at radius 3 is 2.26 bits per heavy atom. The number of hydrogen-bond acceptors (Lipinski definition) is 9. The number of aliphatic hydroxyl groups is 1. The first kappa shape index (κ1) is 25.2. The molecule has 0 bridgehead atoms. The lowest BCUT2D eigenvalue weighted by molar-refractivity contribution is -0.0867. The van der Waals surface area contributed by atoms with E-state index < -0.39 is 41.2 Å². The molecular weight excluding hydrogens is 482 g/mol. The number of nitrogens with zero attached hydrogens (tertiary/aromatic N) is 4. The summed E-state index contributed by atoms with van der Waals surface area (Å²) >= 11 is 0. The van der Waals surface area contributed by atoms with Gasteiger partial charge < -0.3 is 28.5 Å². The molecule has 2 fully saturated rings. The van der Waals surface area contributed by atoms with Gasteiger partial charge in [0.2, 0.25) is 0 Å². The lowest BCUT2D eigenvalue weighted by atomic mass is 9.93. The summed E-state index contributed by atoms with van der Waals surface area (Å²) in [5, 5.41) is 12.2. The first-order valence-electron chi connectivity index (χ1n) is 12.7. The fraction of sp³-hybridized carbons (Fsp3) is 0.783. The Labute approximate surface area is 209 Å². The van der Waals surface area contributed by atoms with Gasteiger partial charge in [-0.05, 0) is 22.2 Å². The maximum atomic E-state index is 12.2. The molecule has 2 aromatic heterocycles. The Kier molecular flexibility index (Phi) is 5.99. The predicted molar refractivity (Wildman–Crippen MR) is 136 cm³/mol. The number of imidazole rings is 1. The molecule has 3 aliphatic heterocycles. The zero-order chi connectivity index (χ0) is 25.5. The van der Waals surface area contributed by atoms with Crippen LogP contribution in [0.1, 0.15) is 67.4 Å². The maximum Gasteiger partial charge on any atom is 0.335 e. The summed E-state index contributed by atoms with van der Waals surface area (Å²) in [6, 6.07) is 0. The van der Waals surface area contributed by atoms with Gasteiger partial charge in [-0.25, -0.2) is 15.0 Å². The van der Waals surface area contributed by atoms with Crippen LogP contribution >= 0.6 is 0 Å². The molecule has 3 aliphatic rings. The van der Waals surface area contributed by atoms with E-state index in [9.17, 15) is 5.11 Å². The van der Waals surface area contributed by atoms with Crippen LogP contribution in [0.5, 0.6) is 0 Å². The molecule has 3 N–H and O–H groups in total. The minimum absolute atomic E-state index is 0.156. The molecule has 2 aromatic rings. The van der Waals surface area contributed by atoms with Crippen molar-refractivity contribution in [2.24, 2.45) is 0 Å². The number of rotatable bonds is 4. The van der Waals surface area contributed by atoms with Gasteiger partial charge in [0.25, 0.3) is 0 Å². The van der Waals surface area contributed by atoms with Gasteiger partial charge in [-0.1, -0.05) is 55.4 Å². The molecule has 10 nitrogen and oxygen atoms in total. The third kappa shape index (κ3) is 3.41. The average molecular weight is 522 g/mol. The number of ether oxygens (including phenoxy) is 1. The van der Waals surface area contributed by atoms with Gasteiger partial charge in [-0.2, -0.15) is 0 Å². The summed E-state index contributed by atoms with van der Waals surface area (Å²) in [4.78, 5) is 13.1. The molecule has 0 radical (unpaired) electrons. The first-order chi connectivity index (χ1) is 16.4. The van der Waals surface area contributed by atoms with Crippen molar-refractivity contribution >= 4 is 34.1 Å². The van der Waals surface area contributed by atoms with Crippen LogP contribution < -0.4 is 5.73 Å². The van der Waals surface area contributed by atoms with E-state index >= 15 is 0 Å². The summed E-state index contributed by atoms with van der Waals surface area (Å²) in [6.07, 6.45) is -0.0602. The topological polar surface area (TPSA) is 127 Å². The lowest BCUT2D eigenvalue weighted by Gasteiger charge is -2.52. The minimum atomic E-state index is -2.90. The third-order valence-electron chi connectivity index (χ3n) is 8.14. The molecule has 0 aromatic carbocycles. The van der Waals surface area contributed by atoms with E-state index in [1.807, 2.05) is 4.57 Å². The highest BCUT2D eigenvalue weighted by molar-refractivity contribution is 6.84. The number of nitrogen functional groups attached to an aromatic ring is 1. The van der Waals surface area contributed by atoms with Crippen molar-refractivity contribution in [3.8, 4) is 0 Å². The number of fused-ring (bicyclic) bond motifs is 7. The van der Waals surface area contributed by atoms with Crippen LogP contribution in [0.3, 0.4) is 0 Å². The largest absolute Gasteiger partial charge is 0.414 e. The molecule has 12 heteroatoms. The van der Waals surface area contributed by atoms with Crippen molar-refractivity contribution in [1.82, 2.24) is 19.5 Å². The Morgan fingerprint density at radius 2 is 1.66 bits per heavy atom. The highest BCUT2D eigenvalue weighted by Crippen LogP contribution is 2.54. The standard InChI is InChI=1S/C23H39N5O5Si2/c1-12(2)34(13(3)4)30-10-16-19(32-35(33-34,14(5)6)15(7)8)23(29)9-17-27-18-20(24)25-11-26-21(18)28(17)22(23)31-16/h11-16,19,22,29H,9-10H2,1-8H3,(H2,24,25,26)/t16-,19-,22-,23-/m1/s1. The van der Waals surface area contributed by atoms with Gasteiger partial charge in [0.1, 0.15) is 30.0 Å². The SMILES string of the molecule is CC(C)[Si]1(C(C)C)OC[C@H]2O[C@H]3n4c(nc5c(N)ncnc54)C[C@@]3(O)[C@@H]2O[Si](C(C)C)(C(C)C)O1. The Morgan fingerprint density at radius 1 is 1.03 bits per heavy atom. The predicted octanol–water partition coefficient (Wildman–Crippen LogP) is 3.55. The van der Waals surface area contributed by atoms with E-state index in [0.717, 1.165) is 0 Å². The molecule has 0 spiro atoms. The number of aromatic nitrogens is 4. The van der Waals surface area contributed by atoms with Gasteiger partial charge in [0, 0.05) is 6.42 Å². The maximum absolute atomic E-state index is 12.2. The quantitative estimate of drug-likeness (QED) is 0.581. The summed E-state index contributed by atoms with van der Waals surface area (Å²) in [6.45, 7) is 17.8. The number of anilines is 1. The van der Waals surface area contributed by atoms with Crippen LogP contribution in [0, 0.1) is 0 Å². The van der Waals surface area contributed by atoms with Crippen molar-refractivity contribution in [3.05, 3.63) is 12.2 Å². The smallest absolute Gasteiger partial charge is 0.335 e. The molecule has 4 atom stereocenters. The summed E-state index contributed by atoms with van der Waals surface area (Å²) in [5.41, 5.74) is 6.61. The summed E-state index contributed by atoms with van der Waals surface area (Å²) in [7, 11) is -5.59. The van der Waals surface area contributed by atoms with Crippen LogP contribution in [-0.2, 0) is 24.1 Å². The fourth-order valence-corrected chi connectivity index (χ4v) is 17.6. The molecular formula is C23H39N5O5Si2. The number of hydrogen-bond donors (Lipinski definition) is 2. The van der Waals surface area contributed by atoms with Crippen LogP contribution in [-0.4, -0.2) is 66.2 Å². The van der Waals surface area contributed by atoms with E-state index in [0.29, 0.717) is 29.4 Å². The molecule has 5 heterocycles. The molecule has 35 heavy (non-hydrogen) atoms. The summed E-state index contributed by atoms with van der Waals surface area (Å²) in [5.74, 6) is 0.980. The van der Waals surface area contributed by atoms with Crippen molar-refractivity contribution < 1.29 is 22.8 Å². The second-order valence-corrected chi connectivity index (χ2v) is 20.4. The fourth-order valence-electron chi connectivity index (χ4n) is 6.31. The zero-order valence-electron chi connectivity index (χ0n) is 22.0. The summed E-state index contributed by atoms with van der Waals surface area (Å²) < 4.78 is 29.6. The van der Waals surface area contributed by atoms with Gasteiger partial charge in [0.15, 0.2) is 23.2 Å². The van der Waals surface area contributed by atoms with Crippen LogP contribution in [0.25, 0.3) is 11.2 Å². The minimum Gasteiger partial charge on any atom is -0.414 e. The monoisotopic (exact) mass is 521 g/mol. The Bertz CT molecular complexity index is 1110. The van der Waals surface area contributed by atoms with Gasteiger partial charge in [0.05, 0.1) is 6.61 Å². The van der Waals surface area contributed by atoms with Gasteiger partial charge >= 0.3 is 17.1 Å². The lowest BCUT2D eigenvalue weighted by Crippen LogP contribution is -2.67. The molecule has 5 rings (SSSR count). The number of nitrogens with two attached hydrogens (primary N) is 1. The van der Waals surface area contributed by atoms with Crippen molar-refractivity contribution in [2.45, 2.75) is 108 Å². The van der Waals surface area contributed by atoms with Crippen molar-refractivity contribution in [3.63, 3.8) is 0 Å². The molecule has 2 saturated heterocycles. The van der Waals surface area contributed by atoms with Crippen LogP contribution in [0.2, 0.25) is 22.2 Å². The molecule has 0 amide bonds. The van der Waals surface area contributed by atoms with Crippen LogP contribution in [0.4, 0.5) is 5.82 Å². The normalized spacial score (nSPS) is 31.7.